The Balaban J connectivity index is 1.67. The Morgan fingerprint density at radius 1 is 1.00 bits per heavy atom. The molecule has 4 aliphatic rings. The van der Waals surface area contributed by atoms with Crippen LogP contribution in [-0.4, -0.2) is 17.3 Å². The van der Waals surface area contributed by atoms with Gasteiger partial charge in [0.25, 0.3) is 0 Å². The average Bonchev–Trinajstić information content (AvgIpc) is 2.85. The molecule has 2 heteroatoms. The smallest absolute Gasteiger partial charge is 0.0577 e. The predicted octanol–water partition coefficient (Wildman–Crippen LogP) is 4.13. The summed E-state index contributed by atoms with van der Waals surface area (Å²) < 4.78 is 0. The van der Waals surface area contributed by atoms with Crippen molar-refractivity contribution >= 4 is 0 Å². The van der Waals surface area contributed by atoms with Gasteiger partial charge in [0.15, 0.2) is 0 Å². The van der Waals surface area contributed by atoms with E-state index in [0.29, 0.717) is 46.5 Å². The van der Waals surface area contributed by atoms with Gasteiger partial charge in [-0.15, -0.1) is 6.58 Å². The van der Waals surface area contributed by atoms with E-state index in [2.05, 4.69) is 26.5 Å². The second kappa shape index (κ2) is 5.33. The van der Waals surface area contributed by atoms with Crippen LogP contribution < -0.4 is 5.73 Å². The summed E-state index contributed by atoms with van der Waals surface area (Å²) in [6.07, 6.45) is 11.9. The third-order valence-corrected chi connectivity index (χ3v) is 9.08. The summed E-state index contributed by atoms with van der Waals surface area (Å²) in [5, 5.41) is 11.1. The first-order chi connectivity index (χ1) is 10.9. The lowest BCUT2D eigenvalue weighted by Gasteiger charge is -2.62. The van der Waals surface area contributed by atoms with Gasteiger partial charge in [-0.05, 0) is 91.8 Å². The van der Waals surface area contributed by atoms with Crippen LogP contribution in [0.3, 0.4) is 0 Å². The summed E-state index contributed by atoms with van der Waals surface area (Å²) in [5.74, 6) is 3.24. The van der Waals surface area contributed by atoms with Crippen molar-refractivity contribution in [2.45, 2.75) is 77.4 Å². The zero-order valence-electron chi connectivity index (χ0n) is 15.0. The Bertz CT molecular complexity index is 490. The number of hydrogen-bond acceptors (Lipinski definition) is 2. The van der Waals surface area contributed by atoms with Gasteiger partial charge in [-0.2, -0.15) is 0 Å². The van der Waals surface area contributed by atoms with Gasteiger partial charge < -0.3 is 10.8 Å². The number of allylic oxidation sites excluding steroid dienone is 1. The monoisotopic (exact) mass is 317 g/mol. The molecule has 4 saturated carbocycles. The van der Waals surface area contributed by atoms with E-state index in [1.165, 1.54) is 38.5 Å². The molecule has 23 heavy (non-hydrogen) atoms. The quantitative estimate of drug-likeness (QED) is 0.714. The van der Waals surface area contributed by atoms with E-state index in [0.717, 1.165) is 12.8 Å². The topological polar surface area (TPSA) is 46.2 Å². The van der Waals surface area contributed by atoms with E-state index >= 15 is 0 Å². The van der Waals surface area contributed by atoms with Crippen molar-refractivity contribution in [3.05, 3.63) is 12.7 Å². The van der Waals surface area contributed by atoms with Gasteiger partial charge in [0, 0.05) is 6.04 Å². The summed E-state index contributed by atoms with van der Waals surface area (Å²) >= 11 is 0. The van der Waals surface area contributed by atoms with Crippen LogP contribution in [-0.2, 0) is 0 Å². The van der Waals surface area contributed by atoms with Crippen molar-refractivity contribution < 1.29 is 5.11 Å². The second-order valence-electron chi connectivity index (χ2n) is 9.79. The molecule has 0 spiro atoms. The Kier molecular flexibility index (Phi) is 3.74. The molecule has 0 aromatic carbocycles. The van der Waals surface area contributed by atoms with E-state index in [4.69, 9.17) is 5.73 Å². The molecule has 2 nitrogen and oxygen atoms in total. The molecule has 0 radical (unpaired) electrons. The van der Waals surface area contributed by atoms with Crippen molar-refractivity contribution in [1.29, 1.82) is 0 Å². The van der Waals surface area contributed by atoms with E-state index in [-0.39, 0.29) is 6.10 Å². The Hall–Kier alpha value is -0.340. The average molecular weight is 318 g/mol. The van der Waals surface area contributed by atoms with E-state index in [9.17, 15) is 5.11 Å². The van der Waals surface area contributed by atoms with Crippen molar-refractivity contribution in [1.82, 2.24) is 0 Å². The van der Waals surface area contributed by atoms with Crippen LogP contribution in [0.25, 0.3) is 0 Å². The third-order valence-electron chi connectivity index (χ3n) is 9.08. The predicted molar refractivity (Wildman–Crippen MR) is 94.8 cm³/mol. The number of rotatable bonds is 1. The Morgan fingerprint density at radius 3 is 2.43 bits per heavy atom. The SMILES string of the molecule is C=CC1CCC2C3C(O)CC4CC(N)CCC4(C)C3CCC12C. The van der Waals surface area contributed by atoms with Crippen LogP contribution in [0, 0.1) is 40.4 Å². The highest BCUT2D eigenvalue weighted by Gasteiger charge is 2.61. The molecule has 9 atom stereocenters. The third kappa shape index (κ3) is 2.13. The molecule has 130 valence electrons. The standard InChI is InChI=1S/C21H35NO/c1-4-13-5-6-16-19-17(8-10-20(13,16)2)21(3)9-7-15(22)11-14(21)12-18(19)23/h4,13-19,23H,1,5-12,22H2,2-3H3. The summed E-state index contributed by atoms with van der Waals surface area (Å²) in [6, 6.07) is 0.363. The first-order valence-corrected chi connectivity index (χ1v) is 9.96. The summed E-state index contributed by atoms with van der Waals surface area (Å²) in [7, 11) is 0. The zero-order chi connectivity index (χ0) is 16.4. The van der Waals surface area contributed by atoms with Crippen LogP contribution in [0.15, 0.2) is 12.7 Å². The van der Waals surface area contributed by atoms with Crippen LogP contribution in [0.4, 0.5) is 0 Å². The minimum Gasteiger partial charge on any atom is -0.393 e. The van der Waals surface area contributed by atoms with Gasteiger partial charge in [-0.3, -0.25) is 0 Å². The summed E-state index contributed by atoms with van der Waals surface area (Å²) in [4.78, 5) is 0. The van der Waals surface area contributed by atoms with Gasteiger partial charge in [0.1, 0.15) is 0 Å². The van der Waals surface area contributed by atoms with E-state index in [1.807, 2.05) is 0 Å². The first kappa shape index (κ1) is 16.1. The van der Waals surface area contributed by atoms with E-state index in [1.54, 1.807) is 0 Å². The highest BCUT2D eigenvalue weighted by molar-refractivity contribution is 5.13. The fraction of sp³-hybridized carbons (Fsp3) is 0.905. The maximum atomic E-state index is 11.1. The number of nitrogens with two attached hydrogens (primary N) is 1. The molecule has 0 aromatic heterocycles. The lowest BCUT2D eigenvalue weighted by atomic mass is 9.44. The van der Waals surface area contributed by atoms with Crippen molar-refractivity contribution in [2.75, 3.05) is 0 Å². The lowest BCUT2D eigenvalue weighted by Crippen LogP contribution is -2.59. The highest BCUT2D eigenvalue weighted by atomic mass is 16.3. The molecular weight excluding hydrogens is 282 g/mol. The normalized spacial score (nSPS) is 58.9. The van der Waals surface area contributed by atoms with Crippen LogP contribution >= 0.6 is 0 Å². The molecule has 4 fully saturated rings. The molecule has 4 aliphatic carbocycles. The molecule has 0 amide bonds. The maximum absolute atomic E-state index is 11.1. The molecule has 0 saturated heterocycles. The molecule has 3 N–H and O–H groups in total. The van der Waals surface area contributed by atoms with Gasteiger partial charge in [0.2, 0.25) is 0 Å². The minimum atomic E-state index is -0.100. The van der Waals surface area contributed by atoms with Gasteiger partial charge >= 0.3 is 0 Å². The first-order valence-electron chi connectivity index (χ1n) is 9.96. The summed E-state index contributed by atoms with van der Waals surface area (Å²) in [5.41, 5.74) is 7.08. The number of fused-ring (bicyclic) bond motifs is 5. The van der Waals surface area contributed by atoms with Gasteiger partial charge in [0.05, 0.1) is 6.10 Å². The zero-order valence-corrected chi connectivity index (χ0v) is 15.0. The van der Waals surface area contributed by atoms with Gasteiger partial charge in [-0.1, -0.05) is 19.9 Å². The fourth-order valence-corrected chi connectivity index (χ4v) is 7.68. The number of aliphatic hydroxyl groups excluding tert-OH is 1. The number of hydrogen-bond donors (Lipinski definition) is 2. The Labute approximate surface area is 141 Å². The molecule has 9 unspecified atom stereocenters. The minimum absolute atomic E-state index is 0.100. The van der Waals surface area contributed by atoms with Gasteiger partial charge in [-0.25, -0.2) is 0 Å². The fourth-order valence-electron chi connectivity index (χ4n) is 7.68. The lowest BCUT2D eigenvalue weighted by molar-refractivity contribution is -0.162. The van der Waals surface area contributed by atoms with Crippen molar-refractivity contribution in [3.63, 3.8) is 0 Å². The molecule has 0 bridgehead atoms. The molecule has 0 heterocycles. The molecule has 0 aliphatic heterocycles. The molecule has 0 aromatic rings. The molecular formula is C21H35NO. The second-order valence-corrected chi connectivity index (χ2v) is 9.79. The van der Waals surface area contributed by atoms with Crippen LogP contribution in [0.5, 0.6) is 0 Å². The maximum Gasteiger partial charge on any atom is 0.0577 e. The largest absolute Gasteiger partial charge is 0.393 e. The highest BCUT2D eigenvalue weighted by Crippen LogP contribution is 2.67. The molecule has 4 rings (SSSR count). The Morgan fingerprint density at radius 2 is 1.70 bits per heavy atom. The van der Waals surface area contributed by atoms with Crippen molar-refractivity contribution in [2.24, 2.45) is 46.2 Å². The van der Waals surface area contributed by atoms with E-state index < -0.39 is 0 Å². The number of aliphatic hydroxyl groups is 1. The van der Waals surface area contributed by atoms with Crippen LogP contribution in [0.1, 0.15) is 65.2 Å². The summed E-state index contributed by atoms with van der Waals surface area (Å²) in [6.45, 7) is 9.14. The van der Waals surface area contributed by atoms with Crippen molar-refractivity contribution in [3.8, 4) is 0 Å². The van der Waals surface area contributed by atoms with Crippen LogP contribution in [0.2, 0.25) is 0 Å².